The lowest BCUT2D eigenvalue weighted by atomic mass is 10.1. The molecular weight excluding hydrogens is 355 g/mol. The minimum Gasteiger partial charge on any atom is -0.462 e. The van der Waals surface area contributed by atoms with Crippen LogP contribution in [0.3, 0.4) is 0 Å². The van der Waals surface area contributed by atoms with Crippen LogP contribution in [0.1, 0.15) is 29.6 Å². The van der Waals surface area contributed by atoms with Crippen molar-refractivity contribution < 1.29 is 4.74 Å². The Hall–Kier alpha value is -2.91. The van der Waals surface area contributed by atoms with Crippen LogP contribution in [0.4, 0.5) is 0 Å². The Bertz CT molecular complexity index is 1020. The van der Waals surface area contributed by atoms with Gasteiger partial charge in [-0.2, -0.15) is 0 Å². The topological polar surface area (TPSA) is 59.7 Å². The number of aromatic nitrogens is 2. The summed E-state index contributed by atoms with van der Waals surface area (Å²) in [5, 5.41) is 0. The van der Waals surface area contributed by atoms with E-state index in [1.54, 1.807) is 13.2 Å². The normalized spacial score (nSPS) is 17.6. The van der Waals surface area contributed by atoms with Gasteiger partial charge < -0.3 is 4.74 Å². The van der Waals surface area contributed by atoms with Crippen LogP contribution in [0.5, 0.6) is 0 Å². The number of hydrogen-bond donors (Lipinski definition) is 0. The van der Waals surface area contributed by atoms with E-state index in [4.69, 9.17) is 4.74 Å². The summed E-state index contributed by atoms with van der Waals surface area (Å²) in [6.45, 7) is 2.01. The predicted octanol–water partition coefficient (Wildman–Crippen LogP) is 4.65. The summed E-state index contributed by atoms with van der Waals surface area (Å²) in [5.74, 6) is 0.507. The number of pyridine rings is 2. The van der Waals surface area contributed by atoms with E-state index in [0.717, 1.165) is 33.9 Å². The van der Waals surface area contributed by atoms with Crippen molar-refractivity contribution in [3.05, 3.63) is 83.7 Å². The van der Waals surface area contributed by atoms with Gasteiger partial charge in [0.25, 0.3) is 0 Å². The van der Waals surface area contributed by atoms with Crippen LogP contribution in [-0.2, 0) is 4.74 Å². The molecule has 0 aliphatic carbocycles. The summed E-state index contributed by atoms with van der Waals surface area (Å²) in [5.41, 5.74) is 5.59. The Balaban J connectivity index is 1.55. The Morgan fingerprint density at radius 3 is 2.63 bits per heavy atom. The molecule has 0 fully saturated rings. The monoisotopic (exact) mass is 374 g/mol. The van der Waals surface area contributed by atoms with Crippen molar-refractivity contribution in [1.29, 1.82) is 0 Å². The molecule has 4 rings (SSSR count). The van der Waals surface area contributed by atoms with Crippen molar-refractivity contribution in [2.24, 2.45) is 9.76 Å². The second-order valence-corrected chi connectivity index (χ2v) is 7.11. The van der Waals surface area contributed by atoms with Gasteiger partial charge in [0.15, 0.2) is 5.85 Å². The van der Waals surface area contributed by atoms with E-state index in [2.05, 4.69) is 37.9 Å². The average molecular weight is 374 g/mol. The first-order valence-corrected chi connectivity index (χ1v) is 9.69. The van der Waals surface area contributed by atoms with Crippen LogP contribution < -0.4 is 0 Å². The maximum atomic E-state index is 6.13. The van der Waals surface area contributed by atoms with E-state index < -0.39 is 0 Å². The number of rotatable bonds is 4. The second kappa shape index (κ2) is 7.77. The van der Waals surface area contributed by atoms with E-state index in [-0.39, 0.29) is 5.85 Å². The van der Waals surface area contributed by atoms with Crippen molar-refractivity contribution in [3.8, 4) is 11.4 Å². The molecule has 3 heterocycles. The number of aliphatic imine (C=N–C) groups is 1. The van der Waals surface area contributed by atoms with Gasteiger partial charge in [0, 0.05) is 19.0 Å². The van der Waals surface area contributed by atoms with Gasteiger partial charge in [0.1, 0.15) is 5.69 Å². The van der Waals surface area contributed by atoms with Gasteiger partial charge in [-0.15, -0.1) is 0 Å². The number of hydrogen-bond acceptors (Lipinski definition) is 5. The highest BCUT2D eigenvalue weighted by Crippen LogP contribution is 2.43. The standard InChI is InChI=1S/C21H19N4OP/c1-14(22-2)15-7-5-8-16(13-15)21-26-20(25-27-21)19-11-6-10-18(24-19)17-9-3-4-12-23-17/h3-13,21,27H,1-2H3/b22-14+. The lowest BCUT2D eigenvalue weighted by Crippen LogP contribution is -2.07. The summed E-state index contributed by atoms with van der Waals surface area (Å²) in [4.78, 5) is 13.3. The highest BCUT2D eigenvalue weighted by molar-refractivity contribution is 7.37. The van der Waals surface area contributed by atoms with Crippen LogP contribution >= 0.6 is 8.73 Å². The zero-order chi connectivity index (χ0) is 18.6. The molecular formula is C21H19N4OP. The molecule has 0 saturated carbocycles. The van der Waals surface area contributed by atoms with Gasteiger partial charge in [-0.1, -0.05) is 30.3 Å². The van der Waals surface area contributed by atoms with E-state index in [0.29, 0.717) is 14.6 Å². The first-order chi connectivity index (χ1) is 13.2. The first kappa shape index (κ1) is 17.5. The Morgan fingerprint density at radius 1 is 1.00 bits per heavy atom. The largest absolute Gasteiger partial charge is 0.462 e. The maximum Gasteiger partial charge on any atom is 0.239 e. The molecule has 6 heteroatoms. The van der Waals surface area contributed by atoms with E-state index in [1.807, 2.05) is 49.4 Å². The van der Waals surface area contributed by atoms with Crippen molar-refractivity contribution in [3.63, 3.8) is 0 Å². The van der Waals surface area contributed by atoms with Crippen LogP contribution in [0.2, 0.25) is 0 Å². The molecule has 1 aliphatic heterocycles. The predicted molar refractivity (Wildman–Crippen MR) is 111 cm³/mol. The minimum atomic E-state index is -0.0788. The molecule has 0 amide bonds. The fourth-order valence-electron chi connectivity index (χ4n) is 2.81. The molecule has 0 bridgehead atoms. The molecule has 1 aliphatic rings. The van der Waals surface area contributed by atoms with E-state index in [1.165, 1.54) is 0 Å². The third-order valence-corrected chi connectivity index (χ3v) is 5.37. The smallest absolute Gasteiger partial charge is 0.239 e. The SMILES string of the molecule is C/N=C(\C)c1cccc(C2OC(c3cccc(-c4ccccn4)n3)=NP2)c1. The van der Waals surface area contributed by atoms with Gasteiger partial charge in [0.2, 0.25) is 5.90 Å². The summed E-state index contributed by atoms with van der Waals surface area (Å²) in [6, 6.07) is 19.9. The fourth-order valence-corrected chi connectivity index (χ4v) is 3.70. The third-order valence-electron chi connectivity index (χ3n) is 4.35. The Morgan fingerprint density at radius 2 is 1.81 bits per heavy atom. The zero-order valence-electron chi connectivity index (χ0n) is 15.1. The molecule has 3 aromatic rings. The van der Waals surface area contributed by atoms with Crippen LogP contribution in [0.15, 0.2) is 76.6 Å². The summed E-state index contributed by atoms with van der Waals surface area (Å²) in [7, 11) is 2.11. The highest BCUT2D eigenvalue weighted by Gasteiger charge is 2.24. The lowest BCUT2D eigenvalue weighted by molar-refractivity contribution is 0.289. The zero-order valence-corrected chi connectivity index (χ0v) is 16.1. The van der Waals surface area contributed by atoms with E-state index in [9.17, 15) is 0 Å². The number of benzene rings is 1. The molecule has 0 saturated heterocycles. The molecule has 2 aromatic heterocycles. The van der Waals surface area contributed by atoms with Crippen molar-refractivity contribution >= 4 is 20.3 Å². The molecule has 0 spiro atoms. The van der Waals surface area contributed by atoms with Crippen molar-refractivity contribution in [2.45, 2.75) is 12.8 Å². The lowest BCUT2D eigenvalue weighted by Gasteiger charge is -2.12. The molecule has 1 aromatic carbocycles. The van der Waals surface area contributed by atoms with Gasteiger partial charge in [-0.25, -0.2) is 9.75 Å². The quantitative estimate of drug-likeness (QED) is 0.493. The summed E-state index contributed by atoms with van der Waals surface area (Å²) >= 11 is 0. The third kappa shape index (κ3) is 3.79. The van der Waals surface area contributed by atoms with Crippen LogP contribution in [-0.4, -0.2) is 28.6 Å². The first-order valence-electron chi connectivity index (χ1n) is 8.67. The van der Waals surface area contributed by atoms with Crippen molar-refractivity contribution in [1.82, 2.24) is 9.97 Å². The fraction of sp³-hybridized carbons (Fsp3) is 0.143. The average Bonchev–Trinajstić information content (AvgIpc) is 3.24. The molecule has 0 N–H and O–H groups in total. The molecule has 2 atom stereocenters. The molecule has 5 nitrogen and oxygen atoms in total. The second-order valence-electron chi connectivity index (χ2n) is 6.10. The van der Waals surface area contributed by atoms with Crippen molar-refractivity contribution in [2.75, 3.05) is 7.05 Å². The molecule has 27 heavy (non-hydrogen) atoms. The molecule has 134 valence electrons. The number of nitrogens with zero attached hydrogens (tertiary/aromatic N) is 4. The maximum absolute atomic E-state index is 6.13. The van der Waals surface area contributed by atoms with Crippen LogP contribution in [0, 0.1) is 0 Å². The summed E-state index contributed by atoms with van der Waals surface area (Å²) < 4.78 is 10.7. The number of ether oxygens (including phenoxy) is 1. The molecule has 0 radical (unpaired) electrons. The Kier molecular flexibility index (Phi) is 5.03. The van der Waals surface area contributed by atoms with Crippen LogP contribution in [0.25, 0.3) is 11.4 Å². The molecule has 2 unspecified atom stereocenters. The highest BCUT2D eigenvalue weighted by atomic mass is 31.1. The minimum absolute atomic E-state index is 0.0788. The summed E-state index contributed by atoms with van der Waals surface area (Å²) in [6.07, 6.45) is 1.76. The van der Waals surface area contributed by atoms with Gasteiger partial charge in [0.05, 0.1) is 20.1 Å². The van der Waals surface area contributed by atoms with E-state index >= 15 is 0 Å². The van der Waals surface area contributed by atoms with Gasteiger partial charge >= 0.3 is 0 Å². The van der Waals surface area contributed by atoms with Gasteiger partial charge in [-0.05, 0) is 48.4 Å². The Labute approximate surface area is 160 Å². The van der Waals surface area contributed by atoms with Gasteiger partial charge in [-0.3, -0.25) is 9.98 Å².